The molecule has 0 aromatic carbocycles. The van der Waals surface area contributed by atoms with Gasteiger partial charge in [-0.3, -0.25) is 5.10 Å². The molecule has 9 heteroatoms. The Balaban J connectivity index is 1.50. The number of aliphatic hydroxyl groups is 1. The molecule has 1 saturated heterocycles. The predicted molar refractivity (Wildman–Crippen MR) is 85.1 cm³/mol. The third-order valence-corrected chi connectivity index (χ3v) is 4.26. The highest BCUT2D eigenvalue weighted by molar-refractivity contribution is 7.99. The molecule has 22 heavy (non-hydrogen) atoms. The van der Waals surface area contributed by atoms with E-state index in [-0.39, 0.29) is 6.10 Å². The van der Waals surface area contributed by atoms with Gasteiger partial charge in [0, 0.05) is 31.6 Å². The number of nitrogens with one attached hydrogen (secondary N) is 2. The summed E-state index contributed by atoms with van der Waals surface area (Å²) in [4.78, 5) is 14.9. The maximum atomic E-state index is 9.76. The van der Waals surface area contributed by atoms with Crippen molar-refractivity contribution in [3.8, 4) is 0 Å². The van der Waals surface area contributed by atoms with Crippen LogP contribution in [0.25, 0.3) is 0 Å². The highest BCUT2D eigenvalue weighted by Gasteiger charge is 2.19. The molecular formula is C13H19N7OS. The number of nitrogens with zero attached hydrogens (tertiary/aromatic N) is 5. The Hall–Kier alpha value is -1.87. The topological polar surface area (TPSA) is 103 Å². The number of H-pyrrole nitrogens is 1. The summed E-state index contributed by atoms with van der Waals surface area (Å²) < 4.78 is 0. The Labute approximate surface area is 132 Å². The van der Waals surface area contributed by atoms with Crippen molar-refractivity contribution in [3.63, 3.8) is 0 Å². The fourth-order valence-corrected chi connectivity index (χ4v) is 2.98. The lowest BCUT2D eigenvalue weighted by Crippen LogP contribution is -2.38. The molecule has 2 aromatic rings. The molecule has 2 aromatic heterocycles. The maximum absolute atomic E-state index is 9.76. The number of hydrogen-bond donors (Lipinski definition) is 3. The van der Waals surface area contributed by atoms with E-state index in [1.807, 2.05) is 6.07 Å². The number of β-amino-alcohol motifs (C(OH)–C–C–N with tert-alkyl or cyclic N) is 1. The molecule has 0 bridgehead atoms. The quantitative estimate of drug-likeness (QED) is 0.529. The predicted octanol–water partition coefficient (Wildman–Crippen LogP) is 0.760. The van der Waals surface area contributed by atoms with Gasteiger partial charge in [-0.25, -0.2) is 9.97 Å². The first-order valence-corrected chi connectivity index (χ1v) is 8.28. The van der Waals surface area contributed by atoms with Crippen LogP contribution >= 0.6 is 11.8 Å². The van der Waals surface area contributed by atoms with Crippen LogP contribution in [0.3, 0.4) is 0 Å². The minimum Gasteiger partial charge on any atom is -0.391 e. The molecule has 8 nitrogen and oxygen atoms in total. The number of hydrogen-bond acceptors (Lipinski definition) is 8. The zero-order valence-electron chi connectivity index (χ0n) is 12.1. The molecule has 0 aliphatic carbocycles. The van der Waals surface area contributed by atoms with E-state index < -0.39 is 0 Å². The van der Waals surface area contributed by atoms with Crippen molar-refractivity contribution in [2.75, 3.05) is 35.6 Å². The first-order chi connectivity index (χ1) is 10.8. The van der Waals surface area contributed by atoms with Gasteiger partial charge in [0.2, 0.25) is 5.95 Å². The minimum absolute atomic E-state index is 0.265. The van der Waals surface area contributed by atoms with Gasteiger partial charge >= 0.3 is 0 Å². The van der Waals surface area contributed by atoms with Crippen LogP contribution in [0.1, 0.15) is 12.8 Å². The lowest BCUT2D eigenvalue weighted by atomic mass is 10.1. The fourth-order valence-electron chi connectivity index (χ4n) is 2.35. The van der Waals surface area contributed by atoms with Gasteiger partial charge in [-0.05, 0) is 18.9 Å². The van der Waals surface area contributed by atoms with Gasteiger partial charge in [0.25, 0.3) is 0 Å². The number of aromatic amines is 1. The van der Waals surface area contributed by atoms with E-state index in [2.05, 4.69) is 35.4 Å². The van der Waals surface area contributed by atoms with Gasteiger partial charge < -0.3 is 15.3 Å². The molecule has 0 saturated carbocycles. The lowest BCUT2D eigenvalue weighted by molar-refractivity contribution is 0.154. The van der Waals surface area contributed by atoms with Crippen molar-refractivity contribution in [3.05, 3.63) is 18.6 Å². The maximum Gasteiger partial charge on any atom is 0.224 e. The van der Waals surface area contributed by atoms with Crippen molar-refractivity contribution in [1.82, 2.24) is 25.1 Å². The lowest BCUT2D eigenvalue weighted by Gasteiger charge is -2.31. The van der Waals surface area contributed by atoms with Gasteiger partial charge in [0.15, 0.2) is 5.16 Å². The molecule has 1 fully saturated rings. The Morgan fingerprint density at radius 2 is 2.41 bits per heavy atom. The first-order valence-electron chi connectivity index (χ1n) is 7.29. The molecule has 1 aliphatic heterocycles. The van der Waals surface area contributed by atoms with Crippen LogP contribution in [0, 0.1) is 0 Å². The Morgan fingerprint density at radius 1 is 1.45 bits per heavy atom. The molecule has 1 aliphatic rings. The van der Waals surface area contributed by atoms with Crippen LogP contribution in [-0.4, -0.2) is 61.7 Å². The molecule has 1 unspecified atom stereocenters. The van der Waals surface area contributed by atoms with Crippen LogP contribution in [-0.2, 0) is 0 Å². The van der Waals surface area contributed by atoms with Gasteiger partial charge in [-0.2, -0.15) is 10.1 Å². The summed E-state index contributed by atoms with van der Waals surface area (Å²) in [5.74, 6) is 2.31. The second-order valence-electron chi connectivity index (χ2n) is 5.05. The zero-order valence-corrected chi connectivity index (χ0v) is 13.0. The molecular weight excluding hydrogens is 302 g/mol. The molecule has 3 rings (SSSR count). The van der Waals surface area contributed by atoms with Gasteiger partial charge in [-0.15, -0.1) is 0 Å². The summed E-state index contributed by atoms with van der Waals surface area (Å²) in [7, 11) is 0. The highest BCUT2D eigenvalue weighted by atomic mass is 32.2. The van der Waals surface area contributed by atoms with E-state index in [4.69, 9.17) is 0 Å². The fraction of sp³-hybridized carbons (Fsp3) is 0.538. The number of anilines is 2. The van der Waals surface area contributed by atoms with Crippen LogP contribution in [0.5, 0.6) is 0 Å². The van der Waals surface area contributed by atoms with E-state index in [1.54, 1.807) is 18.0 Å². The Bertz CT molecular complexity index is 580. The molecule has 0 amide bonds. The zero-order chi connectivity index (χ0) is 15.2. The second kappa shape index (κ2) is 7.41. The van der Waals surface area contributed by atoms with Gasteiger partial charge in [-0.1, -0.05) is 11.8 Å². The van der Waals surface area contributed by atoms with Crippen molar-refractivity contribution in [2.24, 2.45) is 0 Å². The van der Waals surface area contributed by atoms with Crippen LogP contribution in [0.4, 0.5) is 11.8 Å². The molecule has 3 N–H and O–H groups in total. The summed E-state index contributed by atoms with van der Waals surface area (Å²) in [6, 6.07) is 1.88. The molecule has 1 atom stereocenters. The third kappa shape index (κ3) is 4.08. The van der Waals surface area contributed by atoms with E-state index >= 15 is 0 Å². The van der Waals surface area contributed by atoms with Crippen LogP contribution < -0.4 is 10.2 Å². The average molecular weight is 321 g/mol. The Morgan fingerprint density at radius 3 is 3.23 bits per heavy atom. The van der Waals surface area contributed by atoms with Gasteiger partial charge in [0.1, 0.15) is 12.1 Å². The van der Waals surface area contributed by atoms with Crippen molar-refractivity contribution >= 4 is 23.5 Å². The van der Waals surface area contributed by atoms with Crippen molar-refractivity contribution in [1.29, 1.82) is 0 Å². The summed E-state index contributed by atoms with van der Waals surface area (Å²) in [6.45, 7) is 2.30. The SMILES string of the molecule is OC1CCCN(c2ccnc(NCCSc3ncn[nH]3)n2)C1. The number of thioether (sulfide) groups is 1. The summed E-state index contributed by atoms with van der Waals surface area (Å²) in [5, 5.41) is 20.4. The van der Waals surface area contributed by atoms with E-state index in [1.165, 1.54) is 6.33 Å². The smallest absolute Gasteiger partial charge is 0.224 e. The second-order valence-corrected chi connectivity index (χ2v) is 6.13. The molecule has 3 heterocycles. The first kappa shape index (κ1) is 15.0. The van der Waals surface area contributed by atoms with Crippen molar-refractivity contribution in [2.45, 2.75) is 24.1 Å². The monoisotopic (exact) mass is 321 g/mol. The summed E-state index contributed by atoms with van der Waals surface area (Å²) >= 11 is 1.59. The molecule has 0 spiro atoms. The summed E-state index contributed by atoms with van der Waals surface area (Å²) in [5.41, 5.74) is 0. The highest BCUT2D eigenvalue weighted by Crippen LogP contribution is 2.18. The normalized spacial score (nSPS) is 18.4. The van der Waals surface area contributed by atoms with E-state index in [0.29, 0.717) is 12.5 Å². The molecule has 0 radical (unpaired) electrons. The number of piperidine rings is 1. The van der Waals surface area contributed by atoms with E-state index in [9.17, 15) is 5.11 Å². The Kier molecular flexibility index (Phi) is 5.07. The average Bonchev–Trinajstić information content (AvgIpc) is 3.05. The van der Waals surface area contributed by atoms with Crippen molar-refractivity contribution < 1.29 is 5.11 Å². The number of aliphatic hydroxyl groups excluding tert-OH is 1. The third-order valence-electron chi connectivity index (χ3n) is 3.38. The molecule has 118 valence electrons. The largest absolute Gasteiger partial charge is 0.391 e. The standard InChI is InChI=1S/C13H19N7OS/c21-10-2-1-6-20(8-10)11-3-4-14-12(18-11)15-5-7-22-13-16-9-17-19-13/h3-4,9-10,21H,1-2,5-8H2,(H,14,15,18)(H,16,17,19). The van der Waals surface area contributed by atoms with Crippen LogP contribution in [0.15, 0.2) is 23.7 Å². The number of aromatic nitrogens is 5. The van der Waals surface area contributed by atoms with Crippen LogP contribution in [0.2, 0.25) is 0 Å². The summed E-state index contributed by atoms with van der Waals surface area (Å²) in [6.07, 6.45) is 4.83. The van der Waals surface area contributed by atoms with E-state index in [0.717, 1.165) is 42.7 Å². The van der Waals surface area contributed by atoms with Gasteiger partial charge in [0.05, 0.1) is 6.10 Å². The minimum atomic E-state index is -0.265. The number of rotatable bonds is 6.